The Labute approximate surface area is 142 Å². The molecule has 1 atom stereocenters. The summed E-state index contributed by atoms with van der Waals surface area (Å²) in [7, 11) is -3.23. The molecule has 128 valence electrons. The fraction of sp³-hybridized carbons (Fsp3) is 0.412. The summed E-state index contributed by atoms with van der Waals surface area (Å²) >= 11 is 0. The average Bonchev–Trinajstić information content (AvgIpc) is 3.05. The molecule has 1 saturated heterocycles. The highest BCUT2D eigenvalue weighted by Crippen LogP contribution is 2.29. The van der Waals surface area contributed by atoms with Gasteiger partial charge in [-0.05, 0) is 44.5 Å². The van der Waals surface area contributed by atoms with Crippen LogP contribution in [0.15, 0.2) is 42.9 Å². The maximum atomic E-state index is 12.3. The number of hydrogen-bond acceptors (Lipinski definition) is 5. The van der Waals surface area contributed by atoms with Crippen molar-refractivity contribution in [3.05, 3.63) is 42.9 Å². The first-order valence-electron chi connectivity index (χ1n) is 7.99. The number of ether oxygens (including phenoxy) is 1. The fourth-order valence-electron chi connectivity index (χ4n) is 2.71. The molecular formula is C17H21N3O3S. The van der Waals surface area contributed by atoms with Crippen LogP contribution in [0, 0.1) is 0 Å². The van der Waals surface area contributed by atoms with Gasteiger partial charge in [0.05, 0.1) is 11.8 Å². The van der Waals surface area contributed by atoms with Crippen LogP contribution in [0.2, 0.25) is 0 Å². The summed E-state index contributed by atoms with van der Waals surface area (Å²) < 4.78 is 32.1. The Morgan fingerprint density at radius 2 is 1.96 bits per heavy atom. The van der Waals surface area contributed by atoms with Gasteiger partial charge in [-0.15, -0.1) is 0 Å². The third kappa shape index (κ3) is 3.42. The van der Waals surface area contributed by atoms with Gasteiger partial charge in [0.15, 0.2) is 0 Å². The number of nitrogens with zero attached hydrogens (tertiary/aromatic N) is 3. The maximum Gasteiger partial charge on any atom is 0.216 e. The Kier molecular flexibility index (Phi) is 4.82. The third-order valence-corrected chi connectivity index (χ3v) is 6.32. The largest absolute Gasteiger partial charge is 0.487 e. The Morgan fingerprint density at radius 3 is 2.67 bits per heavy atom. The lowest BCUT2D eigenvalue weighted by molar-refractivity contribution is 0.215. The molecule has 0 saturated carbocycles. The molecule has 0 N–H and O–H groups in total. The summed E-state index contributed by atoms with van der Waals surface area (Å²) in [6, 6.07) is 7.43. The molecule has 1 aliphatic rings. The van der Waals surface area contributed by atoms with Gasteiger partial charge in [0, 0.05) is 30.7 Å². The van der Waals surface area contributed by atoms with Crippen molar-refractivity contribution in [1.82, 2.24) is 14.3 Å². The molecular weight excluding hydrogens is 326 g/mol. The second-order valence-electron chi connectivity index (χ2n) is 6.07. The molecule has 0 radical (unpaired) electrons. The smallest absolute Gasteiger partial charge is 0.216 e. The van der Waals surface area contributed by atoms with Gasteiger partial charge in [-0.3, -0.25) is 9.97 Å². The van der Waals surface area contributed by atoms with Crippen LogP contribution in [0.4, 0.5) is 0 Å². The first kappa shape index (κ1) is 16.9. The molecule has 2 aromatic heterocycles. The van der Waals surface area contributed by atoms with E-state index in [1.54, 1.807) is 32.4 Å². The van der Waals surface area contributed by atoms with Crippen LogP contribution in [-0.2, 0) is 10.0 Å². The van der Waals surface area contributed by atoms with Gasteiger partial charge < -0.3 is 4.74 Å². The minimum atomic E-state index is -3.23. The summed E-state index contributed by atoms with van der Waals surface area (Å²) in [4.78, 5) is 8.42. The lowest BCUT2D eigenvalue weighted by atomic mass is 10.1. The van der Waals surface area contributed by atoms with Crippen molar-refractivity contribution >= 4 is 10.0 Å². The second kappa shape index (κ2) is 6.86. The van der Waals surface area contributed by atoms with E-state index in [0.29, 0.717) is 25.3 Å². The summed E-state index contributed by atoms with van der Waals surface area (Å²) in [5.74, 6) is 0.664. The quantitative estimate of drug-likeness (QED) is 0.830. The standard InChI is InChI=1S/C17H21N3O3S/c1-13(2)24(21,22)20-11-7-15(12-20)23-16-4-3-8-19-17(16)14-5-9-18-10-6-14/h3-6,8-10,13,15H,7,11-12H2,1-2H3. The Morgan fingerprint density at radius 1 is 1.21 bits per heavy atom. The van der Waals surface area contributed by atoms with E-state index in [0.717, 1.165) is 11.3 Å². The monoisotopic (exact) mass is 347 g/mol. The molecule has 3 rings (SSSR count). The van der Waals surface area contributed by atoms with Gasteiger partial charge in [-0.25, -0.2) is 8.42 Å². The first-order chi connectivity index (χ1) is 11.5. The molecule has 0 spiro atoms. The van der Waals surface area contributed by atoms with Crippen LogP contribution in [0.25, 0.3) is 11.3 Å². The van der Waals surface area contributed by atoms with Crippen molar-refractivity contribution in [2.75, 3.05) is 13.1 Å². The van der Waals surface area contributed by atoms with Crippen LogP contribution in [0.1, 0.15) is 20.3 Å². The molecule has 1 fully saturated rings. The SMILES string of the molecule is CC(C)S(=O)(=O)N1CCC(Oc2cccnc2-c2ccncc2)C1. The van der Waals surface area contributed by atoms with Crippen molar-refractivity contribution in [1.29, 1.82) is 0 Å². The molecule has 0 aromatic carbocycles. The van der Waals surface area contributed by atoms with Gasteiger partial charge in [0.1, 0.15) is 17.5 Å². The van der Waals surface area contributed by atoms with Crippen LogP contribution in [0.5, 0.6) is 5.75 Å². The van der Waals surface area contributed by atoms with E-state index in [-0.39, 0.29) is 6.10 Å². The van der Waals surface area contributed by atoms with Gasteiger partial charge in [0.2, 0.25) is 10.0 Å². The van der Waals surface area contributed by atoms with Crippen LogP contribution in [0.3, 0.4) is 0 Å². The normalized spacial score (nSPS) is 18.9. The predicted octanol–water partition coefficient (Wildman–Crippen LogP) is 2.33. The Hall–Kier alpha value is -1.99. The molecule has 24 heavy (non-hydrogen) atoms. The zero-order chi connectivity index (χ0) is 17.2. The predicted molar refractivity (Wildman–Crippen MR) is 92.1 cm³/mol. The van der Waals surface area contributed by atoms with Crippen LogP contribution >= 0.6 is 0 Å². The van der Waals surface area contributed by atoms with Crippen molar-refractivity contribution in [2.45, 2.75) is 31.6 Å². The molecule has 1 aliphatic heterocycles. The number of pyridine rings is 2. The zero-order valence-corrected chi connectivity index (χ0v) is 14.6. The number of sulfonamides is 1. The van der Waals surface area contributed by atoms with E-state index in [9.17, 15) is 8.42 Å². The molecule has 0 amide bonds. The van der Waals surface area contributed by atoms with E-state index in [1.165, 1.54) is 4.31 Å². The molecule has 0 bridgehead atoms. The van der Waals surface area contributed by atoms with Crippen molar-refractivity contribution in [3.63, 3.8) is 0 Å². The number of rotatable bonds is 5. The fourth-order valence-corrected chi connectivity index (χ4v) is 4.05. The molecule has 7 heteroatoms. The molecule has 6 nitrogen and oxygen atoms in total. The Balaban J connectivity index is 1.77. The van der Waals surface area contributed by atoms with Crippen LogP contribution < -0.4 is 4.74 Å². The highest BCUT2D eigenvalue weighted by molar-refractivity contribution is 7.89. The number of hydrogen-bond donors (Lipinski definition) is 0. The highest BCUT2D eigenvalue weighted by atomic mass is 32.2. The van der Waals surface area contributed by atoms with Crippen molar-refractivity contribution in [3.8, 4) is 17.0 Å². The topological polar surface area (TPSA) is 72.4 Å². The van der Waals surface area contributed by atoms with E-state index in [4.69, 9.17) is 4.74 Å². The van der Waals surface area contributed by atoms with Crippen molar-refractivity contribution in [2.24, 2.45) is 0 Å². The minimum Gasteiger partial charge on any atom is -0.487 e. The summed E-state index contributed by atoms with van der Waals surface area (Å²) in [6.45, 7) is 4.28. The summed E-state index contributed by atoms with van der Waals surface area (Å²) in [5, 5.41) is -0.415. The molecule has 0 aliphatic carbocycles. The van der Waals surface area contributed by atoms with E-state index in [2.05, 4.69) is 9.97 Å². The van der Waals surface area contributed by atoms with Crippen LogP contribution in [-0.4, -0.2) is 47.1 Å². The molecule has 1 unspecified atom stereocenters. The Bertz CT molecular complexity index is 794. The summed E-state index contributed by atoms with van der Waals surface area (Å²) in [6.07, 6.45) is 5.65. The van der Waals surface area contributed by atoms with Gasteiger partial charge in [0.25, 0.3) is 0 Å². The zero-order valence-electron chi connectivity index (χ0n) is 13.8. The minimum absolute atomic E-state index is 0.164. The van der Waals surface area contributed by atoms with E-state index >= 15 is 0 Å². The lowest BCUT2D eigenvalue weighted by Crippen LogP contribution is -2.35. The highest BCUT2D eigenvalue weighted by Gasteiger charge is 2.34. The van der Waals surface area contributed by atoms with E-state index in [1.807, 2.05) is 24.3 Å². The van der Waals surface area contributed by atoms with Crippen molar-refractivity contribution < 1.29 is 13.2 Å². The molecule has 2 aromatic rings. The van der Waals surface area contributed by atoms with E-state index < -0.39 is 15.3 Å². The lowest BCUT2D eigenvalue weighted by Gasteiger charge is -2.20. The van der Waals surface area contributed by atoms with Gasteiger partial charge in [-0.1, -0.05) is 0 Å². The maximum absolute atomic E-state index is 12.3. The number of aromatic nitrogens is 2. The molecule has 3 heterocycles. The summed E-state index contributed by atoms with van der Waals surface area (Å²) in [5.41, 5.74) is 1.66. The first-order valence-corrected chi connectivity index (χ1v) is 9.50. The van der Waals surface area contributed by atoms with Gasteiger partial charge in [-0.2, -0.15) is 4.31 Å². The second-order valence-corrected chi connectivity index (χ2v) is 8.56. The third-order valence-electron chi connectivity index (χ3n) is 4.08. The average molecular weight is 347 g/mol. The van der Waals surface area contributed by atoms with Gasteiger partial charge >= 0.3 is 0 Å².